The van der Waals surface area contributed by atoms with Gasteiger partial charge in [0.1, 0.15) is 11.9 Å². The number of rotatable bonds is 29. The van der Waals surface area contributed by atoms with E-state index in [1.54, 1.807) is 60.7 Å². The second kappa shape index (κ2) is 27.7. The molecule has 2 aliphatic rings. The number of nitrogens with one attached hydrogen (secondary N) is 2. The maximum atomic E-state index is 14.6. The third-order valence-corrected chi connectivity index (χ3v) is 14.5. The Hall–Kier alpha value is -5.20. The van der Waals surface area contributed by atoms with E-state index in [0.29, 0.717) is 0 Å². The maximum Gasteiger partial charge on any atom is 0.412 e. The number of fused-ring (bicyclic) bond motifs is 4. The summed E-state index contributed by atoms with van der Waals surface area (Å²) in [6.07, 6.45) is 23.3. The lowest BCUT2D eigenvalue weighted by Crippen LogP contribution is -2.27. The molecule has 0 bridgehead atoms. The van der Waals surface area contributed by atoms with Crippen molar-refractivity contribution in [3.63, 3.8) is 0 Å². The second-order valence-electron chi connectivity index (χ2n) is 17.8. The van der Waals surface area contributed by atoms with Gasteiger partial charge in [0.2, 0.25) is 0 Å². The molecule has 0 saturated heterocycles. The molecule has 10 nitrogen and oxygen atoms in total. The van der Waals surface area contributed by atoms with Gasteiger partial charge in [0, 0.05) is 33.4 Å². The number of ether oxygens (including phenoxy) is 2. The number of carbonyl (C=O) groups excluding carboxylic acids is 6. The first-order valence-corrected chi connectivity index (χ1v) is 27.3. The molecule has 362 valence electrons. The van der Waals surface area contributed by atoms with Crippen molar-refractivity contribution in [1.82, 2.24) is 0 Å². The van der Waals surface area contributed by atoms with Gasteiger partial charge < -0.3 is 9.47 Å². The van der Waals surface area contributed by atoms with Gasteiger partial charge in [0.05, 0.1) is 22.5 Å². The minimum Gasteiger partial charge on any atom is -0.438 e. The molecule has 4 aromatic rings. The van der Waals surface area contributed by atoms with E-state index < -0.39 is 35.3 Å². The van der Waals surface area contributed by atoms with Crippen molar-refractivity contribution in [2.45, 2.75) is 142 Å². The third kappa shape index (κ3) is 14.0. The highest BCUT2D eigenvalue weighted by atomic mass is 32.2. The molecule has 0 unspecified atom stereocenters. The van der Waals surface area contributed by atoms with Gasteiger partial charge in [-0.2, -0.15) is 0 Å². The van der Waals surface area contributed by atoms with Gasteiger partial charge >= 0.3 is 12.2 Å². The van der Waals surface area contributed by atoms with Gasteiger partial charge in [0.25, 0.3) is 0 Å². The van der Waals surface area contributed by atoms with Gasteiger partial charge in [-0.1, -0.05) is 190 Å². The summed E-state index contributed by atoms with van der Waals surface area (Å²) >= 11 is 3.03. The average Bonchev–Trinajstić information content (AvgIpc) is 3.35. The highest BCUT2D eigenvalue weighted by Crippen LogP contribution is 2.44. The fourth-order valence-corrected chi connectivity index (χ4v) is 10.5. The monoisotopic (exact) mass is 960 g/mol. The Labute approximate surface area is 411 Å². The predicted molar refractivity (Wildman–Crippen MR) is 277 cm³/mol. The van der Waals surface area contributed by atoms with E-state index >= 15 is 0 Å². The molecule has 0 aliphatic heterocycles. The SMILES string of the molecule is CCCCCCCCCCCCSCOC(=O)Nc1ccc(-c2ccc(NC(=O)OCSCCCCCCCCCCCC)c3c2C(=O)c2ccccc2C3=O)c2c1C(=O)c1ccccc1C2=O. The summed E-state index contributed by atoms with van der Waals surface area (Å²) in [7, 11) is 0. The molecule has 0 heterocycles. The van der Waals surface area contributed by atoms with Gasteiger partial charge in [-0.15, -0.1) is 23.5 Å². The first kappa shape index (κ1) is 52.2. The Morgan fingerprint density at radius 2 is 0.676 bits per heavy atom. The molecule has 0 aromatic heterocycles. The highest BCUT2D eigenvalue weighted by molar-refractivity contribution is 7.99. The van der Waals surface area contributed by atoms with Crippen LogP contribution in [-0.4, -0.2) is 58.7 Å². The normalized spacial score (nSPS) is 12.6. The van der Waals surface area contributed by atoms with Crippen LogP contribution in [0, 0.1) is 0 Å². The molecule has 12 heteroatoms. The van der Waals surface area contributed by atoms with Crippen LogP contribution >= 0.6 is 23.5 Å². The molecular formula is C56H68N2O8S2. The zero-order chi connectivity index (χ0) is 48.1. The van der Waals surface area contributed by atoms with Gasteiger partial charge in [-0.05, 0) is 47.6 Å². The molecular weight excluding hydrogens is 893 g/mol. The minimum atomic E-state index is -0.774. The molecule has 2 N–H and O–H groups in total. The topological polar surface area (TPSA) is 145 Å². The van der Waals surface area contributed by atoms with Crippen molar-refractivity contribution in [3.05, 3.63) is 117 Å². The van der Waals surface area contributed by atoms with Gasteiger partial charge in [-0.3, -0.25) is 29.8 Å². The number of hydrogen-bond acceptors (Lipinski definition) is 10. The summed E-state index contributed by atoms with van der Waals surface area (Å²) in [6, 6.07) is 19.1. The summed E-state index contributed by atoms with van der Waals surface area (Å²) in [4.78, 5) is 84.3. The molecule has 6 rings (SSSR count). The number of amides is 2. The summed E-state index contributed by atoms with van der Waals surface area (Å²) in [6.45, 7) is 4.46. The minimum absolute atomic E-state index is 0.0253. The quantitative estimate of drug-likeness (QED) is 0.0344. The number of benzene rings is 4. The summed E-state index contributed by atoms with van der Waals surface area (Å²) < 4.78 is 11.0. The predicted octanol–water partition coefficient (Wildman–Crippen LogP) is 15.2. The summed E-state index contributed by atoms with van der Waals surface area (Å²) in [5.41, 5.74) is 1.12. The molecule has 0 fully saturated rings. The van der Waals surface area contributed by atoms with E-state index in [1.807, 2.05) is 0 Å². The Balaban J connectivity index is 1.15. The molecule has 0 radical (unpaired) electrons. The molecule has 2 amide bonds. The standard InChI is InChI=1S/C56H68N2O8S2/c1-3-5-7-9-11-13-15-17-19-25-35-67-37-65-55(63)57-45-33-31-39(47-49(45)53(61)43-29-23-21-27-41(43)51(47)59)40-32-34-46(50-48(40)52(60)42-28-22-24-30-44(42)54(50)62)58-56(64)66-38-68-36-26-20-18-16-14-12-10-8-6-4-2/h21-24,27-34H,3-20,25-26,35-38H2,1-2H3,(H,57,63)(H,58,64). The van der Waals surface area contributed by atoms with Crippen LogP contribution in [0.4, 0.5) is 21.0 Å². The average molecular weight is 961 g/mol. The summed E-state index contributed by atoms with van der Waals surface area (Å²) in [5, 5.41) is 5.42. The molecule has 0 atom stereocenters. The zero-order valence-electron chi connectivity index (χ0n) is 40.0. The van der Waals surface area contributed by atoms with Gasteiger partial charge in [-0.25, -0.2) is 9.59 Å². The van der Waals surface area contributed by atoms with Crippen LogP contribution in [-0.2, 0) is 9.47 Å². The first-order valence-electron chi connectivity index (χ1n) is 25.0. The number of ketones is 4. The van der Waals surface area contributed by atoms with Crippen molar-refractivity contribution < 1.29 is 38.2 Å². The van der Waals surface area contributed by atoms with E-state index in [-0.39, 0.29) is 78.9 Å². The number of carbonyl (C=O) groups is 6. The third-order valence-electron chi connectivity index (χ3n) is 12.7. The van der Waals surface area contributed by atoms with E-state index in [1.165, 1.54) is 138 Å². The van der Waals surface area contributed by atoms with Crippen LogP contribution in [0.15, 0.2) is 72.8 Å². The Kier molecular flexibility index (Phi) is 21.3. The van der Waals surface area contributed by atoms with E-state index in [9.17, 15) is 28.8 Å². The lowest BCUT2D eigenvalue weighted by atomic mass is 9.75. The smallest absolute Gasteiger partial charge is 0.412 e. The largest absolute Gasteiger partial charge is 0.438 e. The van der Waals surface area contributed by atoms with Crippen molar-refractivity contribution >= 4 is 70.2 Å². The van der Waals surface area contributed by atoms with E-state index in [2.05, 4.69) is 24.5 Å². The second-order valence-corrected chi connectivity index (χ2v) is 19.9. The van der Waals surface area contributed by atoms with Crippen molar-refractivity contribution in [2.24, 2.45) is 0 Å². The lowest BCUT2D eigenvalue weighted by molar-refractivity contribution is 0.0978. The maximum absolute atomic E-state index is 14.6. The molecule has 68 heavy (non-hydrogen) atoms. The van der Waals surface area contributed by atoms with E-state index in [4.69, 9.17) is 9.47 Å². The Morgan fingerprint density at radius 1 is 0.382 bits per heavy atom. The van der Waals surface area contributed by atoms with Crippen molar-refractivity contribution in [3.8, 4) is 11.1 Å². The highest BCUT2D eigenvalue weighted by Gasteiger charge is 2.39. The van der Waals surface area contributed by atoms with Crippen LogP contribution in [0.25, 0.3) is 11.1 Å². The number of unbranched alkanes of at least 4 members (excludes halogenated alkanes) is 18. The number of anilines is 2. The fraction of sp³-hybridized carbons (Fsp3) is 0.464. The number of hydrogen-bond donors (Lipinski definition) is 2. The Morgan fingerprint density at radius 3 is 1.00 bits per heavy atom. The molecule has 2 aliphatic carbocycles. The van der Waals surface area contributed by atoms with Crippen LogP contribution in [0.5, 0.6) is 0 Å². The van der Waals surface area contributed by atoms with Crippen LogP contribution in [0.1, 0.15) is 206 Å². The van der Waals surface area contributed by atoms with Crippen LogP contribution in [0.2, 0.25) is 0 Å². The van der Waals surface area contributed by atoms with E-state index in [0.717, 1.165) is 37.2 Å². The molecule has 0 saturated carbocycles. The Bertz CT molecular complexity index is 2230. The van der Waals surface area contributed by atoms with Gasteiger partial charge in [0.15, 0.2) is 23.1 Å². The summed E-state index contributed by atoms with van der Waals surface area (Å²) in [5.74, 6) is -0.0146. The molecule has 4 aromatic carbocycles. The lowest BCUT2D eigenvalue weighted by Gasteiger charge is -2.26. The fourth-order valence-electron chi connectivity index (χ4n) is 9.09. The molecule has 0 spiro atoms. The van der Waals surface area contributed by atoms with Crippen molar-refractivity contribution in [1.29, 1.82) is 0 Å². The van der Waals surface area contributed by atoms with Crippen molar-refractivity contribution in [2.75, 3.05) is 34.0 Å². The zero-order valence-corrected chi connectivity index (χ0v) is 41.6. The van der Waals surface area contributed by atoms with Crippen LogP contribution < -0.4 is 10.6 Å². The first-order chi connectivity index (χ1) is 33.3. The number of thioether (sulfide) groups is 2. The van der Waals surface area contributed by atoms with Crippen LogP contribution in [0.3, 0.4) is 0 Å².